The Balaban J connectivity index is 2.16. The molecule has 1 heterocycles. The fraction of sp³-hybridized carbons (Fsp3) is 0.455. The third-order valence-corrected chi connectivity index (χ3v) is 3.36. The first kappa shape index (κ1) is 11.0. The van der Waals surface area contributed by atoms with Crippen LogP contribution in [0.2, 0.25) is 0 Å². The van der Waals surface area contributed by atoms with Crippen LogP contribution in [0, 0.1) is 5.82 Å². The van der Waals surface area contributed by atoms with Gasteiger partial charge in [0.2, 0.25) is 0 Å². The SMILES string of the molecule is OC1(Cc2ccc(F)cc2Br)CCOC1. The van der Waals surface area contributed by atoms with Crippen LogP contribution in [0.4, 0.5) is 4.39 Å². The number of benzene rings is 1. The second-order valence-corrected chi connectivity index (χ2v) is 4.79. The summed E-state index contributed by atoms with van der Waals surface area (Å²) in [6.45, 7) is 0.951. The Morgan fingerprint density at radius 3 is 2.93 bits per heavy atom. The molecular weight excluding hydrogens is 263 g/mol. The first-order valence-corrected chi connectivity index (χ1v) is 5.62. The standard InChI is InChI=1S/C11H12BrFO2/c12-10-5-9(13)2-1-8(10)6-11(14)3-4-15-7-11/h1-2,5,14H,3-4,6-7H2. The lowest BCUT2D eigenvalue weighted by molar-refractivity contribution is 0.0269. The Bertz CT molecular complexity index is 362. The van der Waals surface area contributed by atoms with Crippen molar-refractivity contribution < 1.29 is 14.2 Å². The van der Waals surface area contributed by atoms with Crippen molar-refractivity contribution in [3.63, 3.8) is 0 Å². The largest absolute Gasteiger partial charge is 0.387 e. The molecule has 1 aromatic carbocycles. The second-order valence-electron chi connectivity index (χ2n) is 3.94. The second kappa shape index (κ2) is 4.20. The molecule has 82 valence electrons. The predicted molar refractivity (Wildman–Crippen MR) is 58.2 cm³/mol. The highest BCUT2D eigenvalue weighted by atomic mass is 79.9. The van der Waals surface area contributed by atoms with Gasteiger partial charge in [0.15, 0.2) is 0 Å². The summed E-state index contributed by atoms with van der Waals surface area (Å²) in [6, 6.07) is 4.50. The van der Waals surface area contributed by atoms with Crippen LogP contribution in [0.1, 0.15) is 12.0 Å². The van der Waals surface area contributed by atoms with Crippen LogP contribution in [0.3, 0.4) is 0 Å². The molecule has 0 saturated carbocycles. The van der Waals surface area contributed by atoms with Gasteiger partial charge in [0.05, 0.1) is 12.2 Å². The maximum absolute atomic E-state index is 12.8. The average Bonchev–Trinajstić information content (AvgIpc) is 2.58. The van der Waals surface area contributed by atoms with E-state index in [1.807, 2.05) is 0 Å². The lowest BCUT2D eigenvalue weighted by Crippen LogP contribution is -2.31. The minimum Gasteiger partial charge on any atom is -0.387 e. The number of hydrogen-bond acceptors (Lipinski definition) is 2. The zero-order chi connectivity index (χ0) is 10.9. The Morgan fingerprint density at radius 1 is 1.53 bits per heavy atom. The molecule has 0 bridgehead atoms. The average molecular weight is 275 g/mol. The van der Waals surface area contributed by atoms with Gasteiger partial charge in [0, 0.05) is 23.9 Å². The molecule has 15 heavy (non-hydrogen) atoms. The summed E-state index contributed by atoms with van der Waals surface area (Å²) < 4.78 is 18.7. The van der Waals surface area contributed by atoms with Gasteiger partial charge in [0.1, 0.15) is 5.82 Å². The quantitative estimate of drug-likeness (QED) is 0.897. The highest BCUT2D eigenvalue weighted by molar-refractivity contribution is 9.10. The van der Waals surface area contributed by atoms with E-state index in [0.29, 0.717) is 30.5 Å². The summed E-state index contributed by atoms with van der Waals surface area (Å²) in [7, 11) is 0. The topological polar surface area (TPSA) is 29.5 Å². The lowest BCUT2D eigenvalue weighted by Gasteiger charge is -2.20. The molecule has 0 spiro atoms. The zero-order valence-corrected chi connectivity index (χ0v) is 9.76. The van der Waals surface area contributed by atoms with Crippen LogP contribution in [-0.4, -0.2) is 23.9 Å². The molecule has 0 amide bonds. The summed E-state index contributed by atoms with van der Waals surface area (Å²) in [5.41, 5.74) is 0.116. The van der Waals surface area contributed by atoms with Crippen molar-refractivity contribution in [2.45, 2.75) is 18.4 Å². The van der Waals surface area contributed by atoms with Crippen LogP contribution >= 0.6 is 15.9 Å². The molecule has 2 nitrogen and oxygen atoms in total. The first-order chi connectivity index (χ1) is 7.09. The Kier molecular flexibility index (Phi) is 3.09. The minimum atomic E-state index is -0.791. The molecule has 1 aliphatic rings. The van der Waals surface area contributed by atoms with Gasteiger partial charge in [-0.2, -0.15) is 0 Å². The van der Waals surface area contributed by atoms with Gasteiger partial charge in [-0.1, -0.05) is 22.0 Å². The molecule has 1 saturated heterocycles. The van der Waals surface area contributed by atoms with E-state index in [4.69, 9.17) is 4.74 Å². The highest BCUT2D eigenvalue weighted by Gasteiger charge is 2.32. The minimum absolute atomic E-state index is 0.278. The molecule has 1 aromatic rings. The van der Waals surface area contributed by atoms with E-state index in [0.717, 1.165) is 5.56 Å². The summed E-state index contributed by atoms with van der Waals surface area (Å²) >= 11 is 3.29. The Labute approximate surface area is 96.2 Å². The molecular formula is C11H12BrFO2. The van der Waals surface area contributed by atoms with Crippen molar-refractivity contribution in [2.24, 2.45) is 0 Å². The van der Waals surface area contributed by atoms with Gasteiger partial charge in [-0.25, -0.2) is 4.39 Å². The van der Waals surface area contributed by atoms with Gasteiger partial charge < -0.3 is 9.84 Å². The predicted octanol–water partition coefficient (Wildman–Crippen LogP) is 2.28. The number of rotatable bonds is 2. The van der Waals surface area contributed by atoms with Crippen molar-refractivity contribution in [1.29, 1.82) is 0 Å². The zero-order valence-electron chi connectivity index (χ0n) is 8.17. The molecule has 1 atom stereocenters. The number of aliphatic hydroxyl groups is 1. The number of ether oxygens (including phenoxy) is 1. The van der Waals surface area contributed by atoms with Crippen LogP contribution < -0.4 is 0 Å². The van der Waals surface area contributed by atoms with Crippen LogP contribution in [-0.2, 0) is 11.2 Å². The molecule has 1 N–H and O–H groups in total. The molecule has 1 aliphatic heterocycles. The molecule has 1 unspecified atom stereocenters. The number of hydrogen-bond donors (Lipinski definition) is 1. The van der Waals surface area contributed by atoms with E-state index >= 15 is 0 Å². The van der Waals surface area contributed by atoms with Gasteiger partial charge >= 0.3 is 0 Å². The summed E-state index contributed by atoms with van der Waals surface area (Å²) in [5, 5.41) is 10.1. The first-order valence-electron chi connectivity index (χ1n) is 4.83. The van der Waals surface area contributed by atoms with E-state index in [1.54, 1.807) is 6.07 Å². The van der Waals surface area contributed by atoms with E-state index in [-0.39, 0.29) is 5.82 Å². The molecule has 4 heteroatoms. The fourth-order valence-electron chi connectivity index (χ4n) is 1.76. The molecule has 2 rings (SSSR count). The van der Waals surface area contributed by atoms with Crippen molar-refractivity contribution in [1.82, 2.24) is 0 Å². The van der Waals surface area contributed by atoms with E-state index in [1.165, 1.54) is 12.1 Å². The van der Waals surface area contributed by atoms with Crippen LogP contribution in [0.15, 0.2) is 22.7 Å². The van der Waals surface area contributed by atoms with Crippen LogP contribution in [0.5, 0.6) is 0 Å². The maximum Gasteiger partial charge on any atom is 0.124 e. The third kappa shape index (κ3) is 2.56. The highest BCUT2D eigenvalue weighted by Crippen LogP contribution is 2.27. The van der Waals surface area contributed by atoms with Gasteiger partial charge in [-0.15, -0.1) is 0 Å². The monoisotopic (exact) mass is 274 g/mol. The molecule has 0 radical (unpaired) electrons. The van der Waals surface area contributed by atoms with Gasteiger partial charge in [-0.3, -0.25) is 0 Å². The van der Waals surface area contributed by atoms with Crippen molar-refractivity contribution in [3.05, 3.63) is 34.1 Å². The fourth-order valence-corrected chi connectivity index (χ4v) is 2.25. The number of halogens is 2. The summed E-state index contributed by atoms with van der Waals surface area (Å²) in [5.74, 6) is -0.278. The molecule has 1 fully saturated rings. The third-order valence-electron chi connectivity index (χ3n) is 2.62. The van der Waals surface area contributed by atoms with E-state index < -0.39 is 5.60 Å². The van der Waals surface area contributed by atoms with E-state index in [2.05, 4.69) is 15.9 Å². The van der Waals surface area contributed by atoms with E-state index in [9.17, 15) is 9.50 Å². The smallest absolute Gasteiger partial charge is 0.124 e. The van der Waals surface area contributed by atoms with Crippen molar-refractivity contribution in [2.75, 3.05) is 13.2 Å². The van der Waals surface area contributed by atoms with Crippen molar-refractivity contribution in [3.8, 4) is 0 Å². The Morgan fingerprint density at radius 2 is 2.33 bits per heavy atom. The molecule has 0 aliphatic carbocycles. The molecule has 0 aromatic heterocycles. The normalized spacial score (nSPS) is 25.8. The Hall–Kier alpha value is -0.450. The summed E-state index contributed by atoms with van der Waals surface area (Å²) in [6.07, 6.45) is 1.13. The summed E-state index contributed by atoms with van der Waals surface area (Å²) in [4.78, 5) is 0. The van der Waals surface area contributed by atoms with Crippen LogP contribution in [0.25, 0.3) is 0 Å². The lowest BCUT2D eigenvalue weighted by atomic mass is 9.94. The van der Waals surface area contributed by atoms with Crippen molar-refractivity contribution >= 4 is 15.9 Å². The van der Waals surface area contributed by atoms with Gasteiger partial charge in [-0.05, 0) is 17.7 Å². The maximum atomic E-state index is 12.8. The van der Waals surface area contributed by atoms with Gasteiger partial charge in [0.25, 0.3) is 0 Å².